The van der Waals surface area contributed by atoms with Gasteiger partial charge in [-0.3, -0.25) is 0 Å². The highest BCUT2D eigenvalue weighted by Crippen LogP contribution is 1.67. The van der Waals surface area contributed by atoms with Crippen LogP contribution in [0.4, 0.5) is 0 Å². The van der Waals surface area contributed by atoms with Gasteiger partial charge in [-0.2, -0.15) is 0 Å². The molecular formula is C2H2ClSi. The Kier molecular flexibility index (Phi) is 3.45. The average Bonchev–Trinajstić information content (AvgIpc) is 1.37. The van der Waals surface area contributed by atoms with E-state index in [2.05, 4.69) is 10.2 Å². The molecule has 0 heterocycles. The molecule has 0 fully saturated rings. The molecule has 0 rings (SSSR count). The molecule has 0 unspecified atom stereocenters. The van der Waals surface area contributed by atoms with Crippen LogP contribution in [0.1, 0.15) is 0 Å². The molecule has 0 bridgehead atoms. The second kappa shape index (κ2) is 3.25. The van der Waals surface area contributed by atoms with Gasteiger partial charge in [0, 0.05) is 0 Å². The Morgan fingerprint density at radius 3 is 2.00 bits per heavy atom. The number of halogens is 1. The van der Waals surface area contributed by atoms with Gasteiger partial charge in [-0.05, 0) is 5.54 Å². The van der Waals surface area contributed by atoms with E-state index in [0.29, 0.717) is 0 Å². The topological polar surface area (TPSA) is 0 Å². The van der Waals surface area contributed by atoms with Crippen LogP contribution in [0.3, 0.4) is 0 Å². The van der Waals surface area contributed by atoms with Crippen molar-refractivity contribution in [3.8, 4) is 0 Å². The molecule has 2 heteroatoms. The van der Waals surface area contributed by atoms with Gasteiger partial charge >= 0.3 is 0 Å². The Balaban J connectivity index is 2.55. The Labute approximate surface area is 33.9 Å². The summed E-state index contributed by atoms with van der Waals surface area (Å²) in [6.45, 7) is 0. The van der Waals surface area contributed by atoms with E-state index < -0.39 is 0 Å². The maximum absolute atomic E-state index is 4.96. The van der Waals surface area contributed by atoms with Crippen molar-refractivity contribution in [2.75, 3.05) is 0 Å². The van der Waals surface area contributed by atoms with Gasteiger partial charge in [0.2, 0.25) is 0 Å². The molecule has 0 aromatic carbocycles. The lowest BCUT2D eigenvalue weighted by molar-refractivity contribution is 2.50. The molecule has 0 aliphatic carbocycles. The van der Waals surface area contributed by atoms with Gasteiger partial charge in [-0.15, -0.1) is 0 Å². The van der Waals surface area contributed by atoms with Crippen LogP contribution in [0.25, 0.3) is 0 Å². The van der Waals surface area contributed by atoms with Crippen LogP contribution >= 0.6 is 11.6 Å². The van der Waals surface area contributed by atoms with Gasteiger partial charge in [0.25, 0.3) is 0 Å². The van der Waals surface area contributed by atoms with E-state index in [9.17, 15) is 0 Å². The Bertz CT molecular complexity index is 21.2. The first-order valence-corrected chi connectivity index (χ1v) is 1.85. The van der Waals surface area contributed by atoms with Gasteiger partial charge < -0.3 is 0 Å². The third kappa shape index (κ3) is 2.25. The zero-order chi connectivity index (χ0) is 3.41. The highest BCUT2D eigenvalue weighted by Gasteiger charge is 1.38. The van der Waals surface area contributed by atoms with Crippen LogP contribution in [-0.4, -0.2) is 10.2 Å². The summed E-state index contributed by atoms with van der Waals surface area (Å²) < 4.78 is 0. The number of hydrogen-bond donors (Lipinski definition) is 0. The van der Waals surface area contributed by atoms with E-state index in [1.165, 1.54) is 5.54 Å². The largest absolute Gasteiger partial charge is 0.0937 e. The Morgan fingerprint density at radius 1 is 1.75 bits per heavy atom. The van der Waals surface area contributed by atoms with Crippen molar-refractivity contribution in [2.24, 2.45) is 0 Å². The lowest BCUT2D eigenvalue weighted by Crippen LogP contribution is -1.36. The Morgan fingerprint density at radius 2 is 2.00 bits per heavy atom. The highest BCUT2D eigenvalue weighted by molar-refractivity contribution is 6.30. The van der Waals surface area contributed by atoms with Gasteiger partial charge in [0.05, 0.1) is 10.2 Å². The van der Waals surface area contributed by atoms with E-state index in [1.54, 1.807) is 5.70 Å². The molecule has 0 saturated heterocycles. The summed E-state index contributed by atoms with van der Waals surface area (Å²) in [6, 6.07) is 0. The summed E-state index contributed by atoms with van der Waals surface area (Å²) in [5, 5.41) is 0. The average molecular weight is 89.6 g/mol. The predicted octanol–water partition coefficient (Wildman–Crippen LogP) is 0.865. The fourth-order valence-electron chi connectivity index (χ4n) is 0. The van der Waals surface area contributed by atoms with E-state index in [1.807, 2.05) is 0 Å². The lowest BCUT2D eigenvalue weighted by Gasteiger charge is -1.45. The molecule has 4 heavy (non-hydrogen) atoms. The molecule has 0 saturated carbocycles. The van der Waals surface area contributed by atoms with Crippen LogP contribution in [0.5, 0.6) is 0 Å². The van der Waals surface area contributed by atoms with Crippen molar-refractivity contribution in [2.45, 2.75) is 0 Å². The van der Waals surface area contributed by atoms with Crippen LogP contribution in [-0.2, 0) is 0 Å². The quantitative estimate of drug-likeness (QED) is 0.386. The number of hydrogen-bond acceptors (Lipinski definition) is 0. The second-order valence-electron chi connectivity index (χ2n) is 0.293. The van der Waals surface area contributed by atoms with Crippen molar-refractivity contribution in [3.05, 3.63) is 11.2 Å². The van der Waals surface area contributed by atoms with Gasteiger partial charge in [0.15, 0.2) is 0 Å². The van der Waals surface area contributed by atoms with E-state index in [-0.39, 0.29) is 0 Å². The van der Waals surface area contributed by atoms with Crippen molar-refractivity contribution in [1.29, 1.82) is 0 Å². The first kappa shape index (κ1) is 4.25. The summed E-state index contributed by atoms with van der Waals surface area (Å²) in [4.78, 5) is 0. The fraction of sp³-hybridized carbons (Fsp3) is 0. The summed E-state index contributed by atoms with van der Waals surface area (Å²) in [6.07, 6.45) is 0. The lowest BCUT2D eigenvalue weighted by atomic mass is 11.3. The van der Waals surface area contributed by atoms with Crippen LogP contribution in [0.15, 0.2) is 11.2 Å². The minimum Gasteiger partial charge on any atom is -0.0937 e. The minimum absolute atomic E-state index is 1.39. The Hall–Kier alpha value is 0.247. The SMILES string of the molecule is [Si]/C=C/Cl. The molecular weight excluding hydrogens is 87.6 g/mol. The smallest absolute Gasteiger partial charge is 0.0613 e. The molecule has 21 valence electrons. The molecule has 0 atom stereocenters. The molecule has 0 aliphatic heterocycles. The predicted molar refractivity (Wildman–Crippen MR) is 20.7 cm³/mol. The minimum atomic E-state index is 1.39. The zero-order valence-electron chi connectivity index (χ0n) is 2.03. The first-order valence-electron chi connectivity index (χ1n) is 0.840. The fourth-order valence-corrected chi connectivity index (χ4v) is 0. The third-order valence-electron chi connectivity index (χ3n) is 0.0630. The second-order valence-corrected chi connectivity index (χ2v) is 0.878. The summed E-state index contributed by atoms with van der Waals surface area (Å²) in [5.74, 6) is 0. The summed E-state index contributed by atoms with van der Waals surface area (Å²) in [5.41, 5.74) is 2.96. The normalized spacial score (nSPS) is 9.50. The van der Waals surface area contributed by atoms with Crippen molar-refractivity contribution in [3.63, 3.8) is 0 Å². The molecule has 0 spiro atoms. The van der Waals surface area contributed by atoms with Crippen LogP contribution in [0.2, 0.25) is 0 Å². The standard InChI is InChI=1S/C2H2ClSi/c3-1-2-4/h1-2H/b2-1+. The van der Waals surface area contributed by atoms with Crippen LogP contribution in [0, 0.1) is 0 Å². The number of rotatable bonds is 0. The van der Waals surface area contributed by atoms with Gasteiger partial charge in [-0.1, -0.05) is 17.3 Å². The van der Waals surface area contributed by atoms with E-state index >= 15 is 0 Å². The van der Waals surface area contributed by atoms with E-state index in [0.717, 1.165) is 0 Å². The van der Waals surface area contributed by atoms with Crippen molar-refractivity contribution < 1.29 is 0 Å². The molecule has 0 amide bonds. The van der Waals surface area contributed by atoms with Gasteiger partial charge in [-0.25, -0.2) is 0 Å². The molecule has 0 aromatic heterocycles. The zero-order valence-corrected chi connectivity index (χ0v) is 3.79. The van der Waals surface area contributed by atoms with E-state index in [4.69, 9.17) is 11.6 Å². The monoisotopic (exact) mass is 89.0 g/mol. The molecule has 0 aliphatic rings. The van der Waals surface area contributed by atoms with Gasteiger partial charge in [0.1, 0.15) is 0 Å². The molecule has 0 aromatic rings. The third-order valence-corrected chi connectivity index (χ3v) is 0.567. The highest BCUT2D eigenvalue weighted by atomic mass is 35.5. The van der Waals surface area contributed by atoms with Crippen LogP contribution < -0.4 is 0 Å². The maximum Gasteiger partial charge on any atom is 0.0613 e. The van der Waals surface area contributed by atoms with Crippen molar-refractivity contribution in [1.82, 2.24) is 0 Å². The first-order chi connectivity index (χ1) is 1.91. The molecule has 3 radical (unpaired) electrons. The maximum atomic E-state index is 4.96. The van der Waals surface area contributed by atoms with Crippen molar-refractivity contribution >= 4 is 21.8 Å². The molecule has 0 N–H and O–H groups in total. The summed E-state index contributed by atoms with van der Waals surface area (Å²) in [7, 11) is 2.98. The summed E-state index contributed by atoms with van der Waals surface area (Å²) >= 11 is 4.96. The molecule has 0 nitrogen and oxygen atoms in total.